The van der Waals surface area contributed by atoms with Crippen LogP contribution in [-0.2, 0) is 0 Å². The third-order valence-electron chi connectivity index (χ3n) is 5.02. The van der Waals surface area contributed by atoms with E-state index >= 15 is 0 Å². The Hall–Kier alpha value is -0.640. The summed E-state index contributed by atoms with van der Waals surface area (Å²) in [7, 11) is 4.26. The minimum Gasteiger partial charge on any atom is -0.392 e. The molecule has 2 rings (SSSR count). The molecule has 2 aliphatic rings. The first kappa shape index (κ1) is 16.7. The first-order valence-electron chi connectivity index (χ1n) is 8.41. The summed E-state index contributed by atoms with van der Waals surface area (Å²) in [5, 5.41) is 19.1. The quantitative estimate of drug-likeness (QED) is 0.534. The standard InChI is InChI=1S/C18H31NO2/c1-19(2)9-5-3-4-7-14-11-15-13-18(21)16(8-6-10-20)17(15)12-14/h6,8,11,15-18,20-21H,3-5,7,9-10,12-13H2,1-2H3/t15-,16+,17-,18+/m0/s1. The molecule has 0 aromatic rings. The molecular weight excluding hydrogens is 262 g/mol. The summed E-state index contributed by atoms with van der Waals surface area (Å²) in [4.78, 5) is 2.25. The van der Waals surface area contributed by atoms with Crippen molar-refractivity contribution in [2.24, 2.45) is 17.8 Å². The zero-order valence-electron chi connectivity index (χ0n) is 13.5. The Kier molecular flexibility index (Phi) is 6.46. The third-order valence-corrected chi connectivity index (χ3v) is 5.02. The number of nitrogens with zero attached hydrogens (tertiary/aromatic N) is 1. The minimum absolute atomic E-state index is 0.0762. The van der Waals surface area contributed by atoms with E-state index in [-0.39, 0.29) is 18.6 Å². The second-order valence-electron chi connectivity index (χ2n) is 6.96. The number of allylic oxidation sites excluding steroid dienone is 2. The fourth-order valence-corrected chi connectivity index (χ4v) is 3.97. The van der Waals surface area contributed by atoms with Crippen LogP contribution in [0.25, 0.3) is 0 Å². The highest BCUT2D eigenvalue weighted by molar-refractivity contribution is 5.20. The summed E-state index contributed by atoms with van der Waals surface area (Å²) in [6, 6.07) is 0. The van der Waals surface area contributed by atoms with Crippen LogP contribution in [0.2, 0.25) is 0 Å². The van der Waals surface area contributed by atoms with E-state index in [9.17, 15) is 5.11 Å². The number of unbranched alkanes of at least 4 members (excludes halogenated alkanes) is 2. The zero-order valence-corrected chi connectivity index (χ0v) is 13.5. The molecule has 2 aliphatic carbocycles. The molecule has 120 valence electrons. The van der Waals surface area contributed by atoms with Gasteiger partial charge in [0.15, 0.2) is 0 Å². The van der Waals surface area contributed by atoms with Crippen molar-refractivity contribution >= 4 is 0 Å². The lowest BCUT2D eigenvalue weighted by Crippen LogP contribution is -2.17. The molecule has 0 aromatic carbocycles. The molecule has 0 unspecified atom stereocenters. The molecular formula is C18H31NO2. The van der Waals surface area contributed by atoms with Crippen molar-refractivity contribution in [3.05, 3.63) is 23.8 Å². The van der Waals surface area contributed by atoms with Crippen LogP contribution < -0.4 is 0 Å². The van der Waals surface area contributed by atoms with Gasteiger partial charge < -0.3 is 15.1 Å². The van der Waals surface area contributed by atoms with Crippen LogP contribution in [0.5, 0.6) is 0 Å². The van der Waals surface area contributed by atoms with E-state index in [4.69, 9.17) is 5.11 Å². The molecule has 4 atom stereocenters. The van der Waals surface area contributed by atoms with Gasteiger partial charge in [0, 0.05) is 5.92 Å². The van der Waals surface area contributed by atoms with Gasteiger partial charge in [0.1, 0.15) is 0 Å². The van der Waals surface area contributed by atoms with Crippen molar-refractivity contribution in [3.8, 4) is 0 Å². The van der Waals surface area contributed by atoms with Gasteiger partial charge in [0.05, 0.1) is 12.7 Å². The van der Waals surface area contributed by atoms with E-state index in [1.54, 1.807) is 11.6 Å². The molecule has 3 nitrogen and oxygen atoms in total. The van der Waals surface area contributed by atoms with Gasteiger partial charge in [-0.15, -0.1) is 0 Å². The summed E-state index contributed by atoms with van der Waals surface area (Å²) < 4.78 is 0. The fourth-order valence-electron chi connectivity index (χ4n) is 3.97. The number of rotatable bonds is 8. The van der Waals surface area contributed by atoms with Crippen LogP contribution in [0.4, 0.5) is 0 Å². The van der Waals surface area contributed by atoms with Crippen LogP contribution in [-0.4, -0.2) is 48.5 Å². The van der Waals surface area contributed by atoms with Gasteiger partial charge in [-0.2, -0.15) is 0 Å². The highest BCUT2D eigenvalue weighted by atomic mass is 16.3. The predicted octanol–water partition coefficient (Wildman–Crippen LogP) is 2.60. The predicted molar refractivity (Wildman–Crippen MR) is 87.0 cm³/mol. The number of aliphatic hydroxyl groups is 2. The maximum Gasteiger partial charge on any atom is 0.0612 e. The maximum absolute atomic E-state index is 10.1. The van der Waals surface area contributed by atoms with E-state index in [2.05, 4.69) is 25.1 Å². The van der Waals surface area contributed by atoms with Gasteiger partial charge in [0.25, 0.3) is 0 Å². The van der Waals surface area contributed by atoms with Crippen LogP contribution in [0, 0.1) is 17.8 Å². The van der Waals surface area contributed by atoms with E-state index in [0.29, 0.717) is 11.8 Å². The van der Waals surface area contributed by atoms with Crippen molar-refractivity contribution < 1.29 is 10.2 Å². The molecule has 3 heteroatoms. The monoisotopic (exact) mass is 293 g/mol. The normalized spacial score (nSPS) is 32.1. The first-order chi connectivity index (χ1) is 10.1. The van der Waals surface area contributed by atoms with Gasteiger partial charge in [0.2, 0.25) is 0 Å². The van der Waals surface area contributed by atoms with Crippen LogP contribution in [0.1, 0.15) is 38.5 Å². The molecule has 0 bridgehead atoms. The molecule has 0 amide bonds. The fraction of sp³-hybridized carbons (Fsp3) is 0.778. The molecule has 0 heterocycles. The zero-order chi connectivity index (χ0) is 15.2. The topological polar surface area (TPSA) is 43.7 Å². The van der Waals surface area contributed by atoms with E-state index in [1.165, 1.54) is 32.2 Å². The Morgan fingerprint density at radius 3 is 2.81 bits per heavy atom. The molecule has 0 spiro atoms. The average molecular weight is 293 g/mol. The highest BCUT2D eigenvalue weighted by Gasteiger charge is 2.42. The molecule has 1 fully saturated rings. The van der Waals surface area contributed by atoms with E-state index in [1.807, 2.05) is 6.08 Å². The van der Waals surface area contributed by atoms with Gasteiger partial charge in [-0.3, -0.25) is 0 Å². The Bertz CT molecular complexity index is 375. The van der Waals surface area contributed by atoms with Gasteiger partial charge >= 0.3 is 0 Å². The maximum atomic E-state index is 10.1. The van der Waals surface area contributed by atoms with Crippen LogP contribution >= 0.6 is 0 Å². The lowest BCUT2D eigenvalue weighted by atomic mass is 9.89. The smallest absolute Gasteiger partial charge is 0.0612 e. The van der Waals surface area contributed by atoms with Gasteiger partial charge in [-0.1, -0.05) is 30.2 Å². The number of hydrogen-bond donors (Lipinski definition) is 2. The Morgan fingerprint density at radius 2 is 2.10 bits per heavy atom. The second-order valence-corrected chi connectivity index (χ2v) is 6.96. The Morgan fingerprint density at radius 1 is 1.29 bits per heavy atom. The van der Waals surface area contributed by atoms with Crippen LogP contribution in [0.3, 0.4) is 0 Å². The summed E-state index contributed by atoms with van der Waals surface area (Å²) in [6.45, 7) is 1.26. The minimum atomic E-state index is -0.222. The van der Waals surface area contributed by atoms with Crippen molar-refractivity contribution in [2.45, 2.75) is 44.6 Å². The van der Waals surface area contributed by atoms with Crippen molar-refractivity contribution in [1.82, 2.24) is 4.90 Å². The molecule has 0 saturated heterocycles. The molecule has 2 N–H and O–H groups in total. The van der Waals surface area contributed by atoms with E-state index < -0.39 is 0 Å². The molecule has 1 saturated carbocycles. The lowest BCUT2D eigenvalue weighted by molar-refractivity contribution is 0.140. The van der Waals surface area contributed by atoms with Gasteiger partial charge in [-0.05, 0) is 64.6 Å². The van der Waals surface area contributed by atoms with Crippen LogP contribution in [0.15, 0.2) is 23.8 Å². The lowest BCUT2D eigenvalue weighted by Gasteiger charge is -2.18. The second kappa shape index (κ2) is 8.11. The summed E-state index contributed by atoms with van der Waals surface area (Å²) in [5.74, 6) is 1.37. The SMILES string of the molecule is CN(C)CCCCCC1=C[C@H]2C[C@@H](O)[C@H](C=CCO)[C@H]2C1. The number of fused-ring (bicyclic) bond motifs is 1. The summed E-state index contributed by atoms with van der Waals surface area (Å²) in [5.41, 5.74) is 1.60. The van der Waals surface area contributed by atoms with Crippen molar-refractivity contribution in [2.75, 3.05) is 27.2 Å². The highest BCUT2D eigenvalue weighted by Crippen LogP contribution is 2.48. The number of aliphatic hydroxyl groups excluding tert-OH is 2. The third kappa shape index (κ3) is 4.67. The van der Waals surface area contributed by atoms with Crippen molar-refractivity contribution in [3.63, 3.8) is 0 Å². The molecule has 21 heavy (non-hydrogen) atoms. The average Bonchev–Trinajstić information content (AvgIpc) is 2.93. The van der Waals surface area contributed by atoms with E-state index in [0.717, 1.165) is 12.8 Å². The largest absolute Gasteiger partial charge is 0.392 e. The molecule has 0 radical (unpaired) electrons. The molecule has 0 aromatic heterocycles. The molecule has 0 aliphatic heterocycles. The Labute approximate surface area is 129 Å². The van der Waals surface area contributed by atoms with Gasteiger partial charge in [-0.25, -0.2) is 0 Å². The number of hydrogen-bond acceptors (Lipinski definition) is 3. The first-order valence-corrected chi connectivity index (χ1v) is 8.41. The van der Waals surface area contributed by atoms with Crippen molar-refractivity contribution in [1.29, 1.82) is 0 Å². The summed E-state index contributed by atoms with van der Waals surface area (Å²) in [6.07, 6.45) is 13.2. The summed E-state index contributed by atoms with van der Waals surface area (Å²) >= 11 is 0. The Balaban J connectivity index is 1.74.